The fourth-order valence-electron chi connectivity index (χ4n) is 1.99. The van der Waals surface area contributed by atoms with Gasteiger partial charge in [-0.1, -0.05) is 21.1 Å². The third kappa shape index (κ3) is 4.48. The van der Waals surface area contributed by atoms with Gasteiger partial charge in [0.1, 0.15) is 11.5 Å². The van der Waals surface area contributed by atoms with Gasteiger partial charge in [-0.15, -0.1) is 0 Å². The Morgan fingerprint density at radius 3 is 2.46 bits per heavy atom. The average Bonchev–Trinajstić information content (AvgIpc) is 3.08. The van der Waals surface area contributed by atoms with E-state index in [0.717, 1.165) is 21.7 Å². The van der Waals surface area contributed by atoms with Crippen LogP contribution in [0.2, 0.25) is 0 Å². The molecular weight excluding hydrogens is 374 g/mol. The van der Waals surface area contributed by atoms with Crippen LogP contribution in [-0.4, -0.2) is 17.3 Å². The largest absolute Gasteiger partial charge is 0.497 e. The second-order valence-corrected chi connectivity index (χ2v) is 5.84. The molecule has 0 atom stereocenters. The van der Waals surface area contributed by atoms with Crippen molar-refractivity contribution in [3.63, 3.8) is 0 Å². The summed E-state index contributed by atoms with van der Waals surface area (Å²) in [6, 6.07) is 15.2. The summed E-state index contributed by atoms with van der Waals surface area (Å²) in [5.41, 5.74) is 0.979. The minimum Gasteiger partial charge on any atom is -0.497 e. The Morgan fingerprint density at radius 1 is 1.04 bits per heavy atom. The molecule has 1 heterocycles. The van der Waals surface area contributed by atoms with Gasteiger partial charge in [0.05, 0.1) is 13.7 Å². The van der Waals surface area contributed by atoms with E-state index in [1.54, 1.807) is 7.11 Å². The number of halogens is 1. The summed E-state index contributed by atoms with van der Waals surface area (Å²) < 4.78 is 16.9. The predicted octanol–water partition coefficient (Wildman–Crippen LogP) is 4.03. The van der Waals surface area contributed by atoms with Gasteiger partial charge in [0.2, 0.25) is 11.7 Å². The van der Waals surface area contributed by atoms with E-state index in [1.807, 2.05) is 48.5 Å². The Balaban J connectivity index is 1.50. The number of hydrogen-bond acceptors (Lipinski definition) is 6. The van der Waals surface area contributed by atoms with Crippen LogP contribution in [0.15, 0.2) is 57.5 Å². The van der Waals surface area contributed by atoms with Crippen LogP contribution in [0.3, 0.4) is 0 Å². The molecule has 3 rings (SSSR count). The van der Waals surface area contributed by atoms with Gasteiger partial charge in [0, 0.05) is 10.2 Å². The molecule has 0 amide bonds. The average molecular weight is 390 g/mol. The number of nitrogens with one attached hydrogen (secondary N) is 1. The lowest BCUT2D eigenvalue weighted by atomic mass is 10.3. The molecule has 0 saturated carbocycles. The van der Waals surface area contributed by atoms with Gasteiger partial charge in [-0.05, 0) is 48.5 Å². The van der Waals surface area contributed by atoms with E-state index < -0.39 is 0 Å². The fraction of sp³-hybridized carbons (Fsp3) is 0.176. The molecule has 1 aromatic heterocycles. The van der Waals surface area contributed by atoms with Crippen molar-refractivity contribution in [1.29, 1.82) is 0 Å². The van der Waals surface area contributed by atoms with E-state index in [2.05, 4.69) is 31.4 Å². The molecular formula is C17H16BrN3O3. The molecule has 0 spiro atoms. The Labute approximate surface area is 147 Å². The molecule has 124 valence electrons. The highest BCUT2D eigenvalue weighted by atomic mass is 79.9. The molecule has 1 N–H and O–H groups in total. The lowest BCUT2D eigenvalue weighted by Gasteiger charge is -2.04. The van der Waals surface area contributed by atoms with Crippen molar-refractivity contribution < 1.29 is 14.0 Å². The summed E-state index contributed by atoms with van der Waals surface area (Å²) in [6.07, 6.45) is 0. The van der Waals surface area contributed by atoms with Gasteiger partial charge in [0.25, 0.3) is 0 Å². The summed E-state index contributed by atoms with van der Waals surface area (Å²) in [7, 11) is 1.62. The molecule has 0 radical (unpaired) electrons. The van der Waals surface area contributed by atoms with E-state index in [1.165, 1.54) is 0 Å². The summed E-state index contributed by atoms with van der Waals surface area (Å²) in [5, 5.41) is 7.12. The van der Waals surface area contributed by atoms with Gasteiger partial charge < -0.3 is 19.3 Å². The van der Waals surface area contributed by atoms with Crippen LogP contribution in [-0.2, 0) is 13.2 Å². The first-order valence-electron chi connectivity index (χ1n) is 7.31. The van der Waals surface area contributed by atoms with Crippen molar-refractivity contribution in [3.05, 3.63) is 64.7 Å². The number of anilines is 1. The summed E-state index contributed by atoms with van der Waals surface area (Å²) >= 11 is 3.40. The quantitative estimate of drug-likeness (QED) is 0.657. The Morgan fingerprint density at radius 2 is 1.75 bits per heavy atom. The van der Waals surface area contributed by atoms with Crippen molar-refractivity contribution in [2.24, 2.45) is 0 Å². The normalized spacial score (nSPS) is 10.4. The van der Waals surface area contributed by atoms with Crippen LogP contribution < -0.4 is 14.8 Å². The molecule has 0 aliphatic rings. The van der Waals surface area contributed by atoms with Crippen LogP contribution in [0, 0.1) is 0 Å². The van der Waals surface area contributed by atoms with Crippen molar-refractivity contribution in [1.82, 2.24) is 10.1 Å². The molecule has 2 aromatic carbocycles. The van der Waals surface area contributed by atoms with E-state index in [4.69, 9.17) is 14.0 Å². The minimum absolute atomic E-state index is 0.244. The second-order valence-electron chi connectivity index (χ2n) is 4.93. The first kappa shape index (κ1) is 16.3. The summed E-state index contributed by atoms with van der Waals surface area (Å²) in [4.78, 5) is 4.29. The lowest BCUT2D eigenvalue weighted by molar-refractivity contribution is 0.285. The van der Waals surface area contributed by atoms with Crippen LogP contribution in [0.5, 0.6) is 11.5 Å². The van der Waals surface area contributed by atoms with Crippen molar-refractivity contribution in [3.8, 4) is 11.5 Å². The standard InChI is InChI=1S/C17H16BrN3O3/c1-22-14-6-8-15(9-7-14)23-11-16-20-17(24-21-16)10-19-13-4-2-12(18)3-5-13/h2-9,19H,10-11H2,1H3. The molecule has 0 unspecified atom stereocenters. The van der Waals surface area contributed by atoms with Crippen LogP contribution in [0.1, 0.15) is 11.7 Å². The molecule has 24 heavy (non-hydrogen) atoms. The lowest BCUT2D eigenvalue weighted by Crippen LogP contribution is -2.01. The highest BCUT2D eigenvalue weighted by Gasteiger charge is 2.07. The van der Waals surface area contributed by atoms with E-state index >= 15 is 0 Å². The van der Waals surface area contributed by atoms with Gasteiger partial charge >= 0.3 is 0 Å². The van der Waals surface area contributed by atoms with Crippen LogP contribution in [0.4, 0.5) is 5.69 Å². The molecule has 7 heteroatoms. The van der Waals surface area contributed by atoms with E-state index in [0.29, 0.717) is 18.3 Å². The zero-order chi connectivity index (χ0) is 16.8. The van der Waals surface area contributed by atoms with Crippen molar-refractivity contribution >= 4 is 21.6 Å². The monoisotopic (exact) mass is 389 g/mol. The molecule has 0 fully saturated rings. The third-order valence-corrected chi connectivity index (χ3v) is 3.75. The number of methoxy groups -OCH3 is 1. The summed E-state index contributed by atoms with van der Waals surface area (Å²) in [6.45, 7) is 0.700. The van der Waals surface area contributed by atoms with E-state index in [-0.39, 0.29) is 6.61 Å². The highest BCUT2D eigenvalue weighted by Crippen LogP contribution is 2.18. The maximum atomic E-state index is 5.61. The number of benzene rings is 2. The molecule has 0 aliphatic carbocycles. The Hall–Kier alpha value is -2.54. The predicted molar refractivity (Wildman–Crippen MR) is 93.1 cm³/mol. The van der Waals surface area contributed by atoms with E-state index in [9.17, 15) is 0 Å². The molecule has 6 nitrogen and oxygen atoms in total. The first-order chi connectivity index (χ1) is 11.7. The first-order valence-corrected chi connectivity index (χ1v) is 8.10. The number of hydrogen-bond donors (Lipinski definition) is 1. The highest BCUT2D eigenvalue weighted by molar-refractivity contribution is 9.10. The maximum Gasteiger partial charge on any atom is 0.246 e. The van der Waals surface area contributed by atoms with Crippen LogP contribution >= 0.6 is 15.9 Å². The molecule has 0 bridgehead atoms. The number of nitrogens with zero attached hydrogens (tertiary/aromatic N) is 2. The zero-order valence-electron chi connectivity index (χ0n) is 13.0. The van der Waals surface area contributed by atoms with Gasteiger partial charge in [-0.2, -0.15) is 4.98 Å². The fourth-order valence-corrected chi connectivity index (χ4v) is 2.25. The smallest absolute Gasteiger partial charge is 0.246 e. The summed E-state index contributed by atoms with van der Waals surface area (Å²) in [5.74, 6) is 2.50. The molecule has 0 aliphatic heterocycles. The van der Waals surface area contributed by atoms with Crippen LogP contribution in [0.25, 0.3) is 0 Å². The molecule has 3 aromatic rings. The third-order valence-electron chi connectivity index (χ3n) is 3.23. The Bertz CT molecular complexity index is 773. The number of rotatable bonds is 7. The number of aromatic nitrogens is 2. The van der Waals surface area contributed by atoms with Crippen molar-refractivity contribution in [2.45, 2.75) is 13.2 Å². The van der Waals surface area contributed by atoms with Gasteiger partial charge in [-0.25, -0.2) is 0 Å². The van der Waals surface area contributed by atoms with Gasteiger partial charge in [-0.3, -0.25) is 0 Å². The van der Waals surface area contributed by atoms with Crippen molar-refractivity contribution in [2.75, 3.05) is 12.4 Å². The zero-order valence-corrected chi connectivity index (χ0v) is 14.6. The second kappa shape index (κ2) is 7.83. The van der Waals surface area contributed by atoms with Gasteiger partial charge in [0.15, 0.2) is 6.61 Å². The molecule has 0 saturated heterocycles. The topological polar surface area (TPSA) is 69.4 Å². The minimum atomic E-state index is 0.244. The number of ether oxygens (including phenoxy) is 2. The maximum absolute atomic E-state index is 5.61. The SMILES string of the molecule is COc1ccc(OCc2noc(CNc3ccc(Br)cc3)n2)cc1. The Kier molecular flexibility index (Phi) is 5.32.